The Morgan fingerprint density at radius 1 is 1.29 bits per heavy atom. The topological polar surface area (TPSA) is 75.6 Å². The first-order valence-corrected chi connectivity index (χ1v) is 8.69. The summed E-state index contributed by atoms with van der Waals surface area (Å²) in [5, 5.41) is 12.6. The van der Waals surface area contributed by atoms with E-state index in [1.165, 1.54) is 0 Å². The lowest BCUT2D eigenvalue weighted by Gasteiger charge is -2.29. The van der Waals surface area contributed by atoms with Crippen LogP contribution in [-0.2, 0) is 19.7 Å². The second-order valence-electron chi connectivity index (χ2n) is 6.57. The number of carboxylic acids is 1. The van der Waals surface area contributed by atoms with Crippen LogP contribution in [0.2, 0.25) is 0 Å². The van der Waals surface area contributed by atoms with Crippen LogP contribution in [0.4, 0.5) is 0 Å². The van der Waals surface area contributed by atoms with Crippen molar-refractivity contribution in [1.82, 2.24) is 5.32 Å². The molecule has 1 saturated heterocycles. The van der Waals surface area contributed by atoms with E-state index in [1.807, 2.05) is 32.0 Å². The highest BCUT2D eigenvalue weighted by Crippen LogP contribution is 2.28. The van der Waals surface area contributed by atoms with E-state index < -0.39 is 11.4 Å². The summed E-state index contributed by atoms with van der Waals surface area (Å²) in [6.45, 7) is 3.98. The number of carboxylic acid groups (broad SMARTS) is 1. The van der Waals surface area contributed by atoms with Gasteiger partial charge in [-0.25, -0.2) is 0 Å². The van der Waals surface area contributed by atoms with Crippen LogP contribution >= 0.6 is 0 Å². The molecule has 1 heterocycles. The first-order valence-electron chi connectivity index (χ1n) is 8.69. The predicted octanol–water partition coefficient (Wildman–Crippen LogP) is 2.88. The lowest BCUT2D eigenvalue weighted by atomic mass is 9.78. The van der Waals surface area contributed by atoms with Crippen LogP contribution in [0.25, 0.3) is 0 Å². The SMILES string of the molecule is CCC(CNC(=O)CCC1CCC(C)O1)(C(=O)O)c1ccccc1. The quantitative estimate of drug-likeness (QED) is 0.767. The highest BCUT2D eigenvalue weighted by Gasteiger charge is 2.39. The number of rotatable bonds is 8. The Bertz CT molecular complexity index is 560. The molecule has 0 aromatic heterocycles. The Morgan fingerprint density at radius 3 is 2.54 bits per heavy atom. The van der Waals surface area contributed by atoms with Gasteiger partial charge in [0.05, 0.1) is 12.2 Å². The van der Waals surface area contributed by atoms with Gasteiger partial charge in [-0.1, -0.05) is 37.3 Å². The van der Waals surface area contributed by atoms with E-state index in [4.69, 9.17) is 4.74 Å². The second-order valence-corrected chi connectivity index (χ2v) is 6.57. The Morgan fingerprint density at radius 2 is 2.00 bits per heavy atom. The van der Waals surface area contributed by atoms with Crippen LogP contribution in [0, 0.1) is 0 Å². The fraction of sp³-hybridized carbons (Fsp3) is 0.579. The standard InChI is InChI=1S/C19H27NO4/c1-3-19(18(22)23,15-7-5-4-6-8-15)13-20-17(21)12-11-16-10-9-14(2)24-16/h4-8,14,16H,3,9-13H2,1-2H3,(H,20,21)(H,22,23). The largest absolute Gasteiger partial charge is 0.481 e. The Labute approximate surface area is 143 Å². The van der Waals surface area contributed by atoms with Crippen LogP contribution in [0.3, 0.4) is 0 Å². The first-order chi connectivity index (χ1) is 11.5. The molecule has 24 heavy (non-hydrogen) atoms. The molecule has 0 saturated carbocycles. The summed E-state index contributed by atoms with van der Waals surface area (Å²) < 4.78 is 5.71. The van der Waals surface area contributed by atoms with Gasteiger partial charge in [-0.05, 0) is 38.2 Å². The van der Waals surface area contributed by atoms with Gasteiger partial charge in [-0.3, -0.25) is 9.59 Å². The smallest absolute Gasteiger partial charge is 0.315 e. The van der Waals surface area contributed by atoms with E-state index >= 15 is 0 Å². The maximum atomic E-state index is 12.1. The molecule has 3 atom stereocenters. The number of carbonyl (C=O) groups excluding carboxylic acids is 1. The van der Waals surface area contributed by atoms with E-state index in [1.54, 1.807) is 12.1 Å². The van der Waals surface area contributed by atoms with Crippen LogP contribution in [-0.4, -0.2) is 35.7 Å². The molecule has 2 rings (SSSR count). The summed E-state index contributed by atoms with van der Waals surface area (Å²) in [6, 6.07) is 9.11. The number of amides is 1. The highest BCUT2D eigenvalue weighted by molar-refractivity contribution is 5.83. The van der Waals surface area contributed by atoms with Crippen molar-refractivity contribution < 1.29 is 19.4 Å². The van der Waals surface area contributed by atoms with Gasteiger partial charge in [0, 0.05) is 13.0 Å². The third kappa shape index (κ3) is 4.35. The molecule has 1 aromatic rings. The molecule has 0 spiro atoms. The number of ether oxygens (including phenoxy) is 1. The lowest BCUT2D eigenvalue weighted by Crippen LogP contribution is -2.46. The molecule has 2 N–H and O–H groups in total. The Kier molecular flexibility index (Phi) is 6.37. The van der Waals surface area contributed by atoms with Crippen molar-refractivity contribution in [3.8, 4) is 0 Å². The molecule has 0 bridgehead atoms. The molecule has 3 unspecified atom stereocenters. The maximum absolute atomic E-state index is 12.1. The predicted molar refractivity (Wildman–Crippen MR) is 91.9 cm³/mol. The summed E-state index contributed by atoms with van der Waals surface area (Å²) in [5.41, 5.74) is -0.372. The first kappa shape index (κ1) is 18.5. The van der Waals surface area contributed by atoms with E-state index in [0.29, 0.717) is 24.8 Å². The van der Waals surface area contributed by atoms with Crippen molar-refractivity contribution in [2.45, 2.75) is 63.6 Å². The molecule has 1 amide bonds. The minimum Gasteiger partial charge on any atom is -0.481 e. The Hall–Kier alpha value is -1.88. The number of aliphatic carboxylic acids is 1. The molecular weight excluding hydrogens is 306 g/mol. The van der Waals surface area contributed by atoms with Gasteiger partial charge < -0.3 is 15.2 Å². The van der Waals surface area contributed by atoms with E-state index in [9.17, 15) is 14.7 Å². The molecule has 5 nitrogen and oxygen atoms in total. The molecule has 1 aliphatic rings. The van der Waals surface area contributed by atoms with Crippen LogP contribution in [0.5, 0.6) is 0 Å². The summed E-state index contributed by atoms with van der Waals surface area (Å²) >= 11 is 0. The van der Waals surface area contributed by atoms with Gasteiger partial charge >= 0.3 is 5.97 Å². The van der Waals surface area contributed by atoms with Gasteiger partial charge in [0.1, 0.15) is 5.41 Å². The van der Waals surface area contributed by atoms with E-state index in [0.717, 1.165) is 12.8 Å². The fourth-order valence-electron chi connectivity index (χ4n) is 3.27. The summed E-state index contributed by atoms with van der Waals surface area (Å²) in [6.07, 6.45) is 3.92. The van der Waals surface area contributed by atoms with Crippen molar-refractivity contribution in [2.24, 2.45) is 0 Å². The molecule has 1 aromatic carbocycles. The normalized spacial score (nSPS) is 22.8. The van der Waals surface area contributed by atoms with Gasteiger partial charge in [0.2, 0.25) is 5.91 Å². The average Bonchev–Trinajstić information content (AvgIpc) is 3.00. The number of hydrogen-bond donors (Lipinski definition) is 2. The van der Waals surface area contributed by atoms with Gasteiger partial charge in [-0.15, -0.1) is 0 Å². The van der Waals surface area contributed by atoms with Crippen LogP contribution in [0.15, 0.2) is 30.3 Å². The number of nitrogens with one attached hydrogen (secondary N) is 1. The molecular formula is C19H27NO4. The third-order valence-electron chi connectivity index (χ3n) is 4.94. The summed E-state index contributed by atoms with van der Waals surface area (Å²) in [5.74, 6) is -1.03. The number of benzene rings is 1. The van der Waals surface area contributed by atoms with Crippen molar-refractivity contribution in [3.05, 3.63) is 35.9 Å². The van der Waals surface area contributed by atoms with Gasteiger partial charge in [0.15, 0.2) is 0 Å². The van der Waals surface area contributed by atoms with Crippen molar-refractivity contribution >= 4 is 11.9 Å². The maximum Gasteiger partial charge on any atom is 0.315 e. The van der Waals surface area contributed by atoms with Crippen molar-refractivity contribution in [2.75, 3.05) is 6.54 Å². The lowest BCUT2D eigenvalue weighted by molar-refractivity contribution is -0.144. The van der Waals surface area contributed by atoms with Crippen molar-refractivity contribution in [3.63, 3.8) is 0 Å². The van der Waals surface area contributed by atoms with Crippen LogP contribution < -0.4 is 5.32 Å². The third-order valence-corrected chi connectivity index (χ3v) is 4.94. The van der Waals surface area contributed by atoms with Gasteiger partial charge in [-0.2, -0.15) is 0 Å². The molecule has 1 fully saturated rings. The number of hydrogen-bond acceptors (Lipinski definition) is 3. The average molecular weight is 333 g/mol. The van der Waals surface area contributed by atoms with E-state index in [-0.39, 0.29) is 24.7 Å². The van der Waals surface area contributed by atoms with E-state index in [2.05, 4.69) is 5.32 Å². The fourth-order valence-corrected chi connectivity index (χ4v) is 3.27. The Balaban J connectivity index is 1.93. The number of carbonyl (C=O) groups is 2. The molecule has 1 aliphatic heterocycles. The zero-order valence-electron chi connectivity index (χ0n) is 14.5. The summed E-state index contributed by atoms with van der Waals surface area (Å²) in [7, 11) is 0. The minimum atomic E-state index is -1.09. The minimum absolute atomic E-state index is 0.101. The van der Waals surface area contributed by atoms with Crippen molar-refractivity contribution in [1.29, 1.82) is 0 Å². The molecule has 132 valence electrons. The molecule has 0 aliphatic carbocycles. The van der Waals surface area contributed by atoms with Gasteiger partial charge in [0.25, 0.3) is 0 Å². The monoisotopic (exact) mass is 333 g/mol. The molecule has 5 heteroatoms. The zero-order chi connectivity index (χ0) is 17.6. The molecule has 0 radical (unpaired) electrons. The highest BCUT2D eigenvalue weighted by atomic mass is 16.5. The zero-order valence-corrected chi connectivity index (χ0v) is 14.5. The second kappa shape index (κ2) is 8.29. The summed E-state index contributed by atoms with van der Waals surface area (Å²) in [4.78, 5) is 24.0. The van der Waals surface area contributed by atoms with Crippen LogP contribution in [0.1, 0.15) is 51.5 Å².